The number of morpholine rings is 1. The third-order valence-electron chi connectivity index (χ3n) is 4.24. The van der Waals surface area contributed by atoms with Crippen molar-refractivity contribution in [2.45, 2.75) is 19.1 Å². The molecule has 2 heterocycles. The number of benzene rings is 1. The molecular weight excluding hydrogens is 336 g/mol. The van der Waals surface area contributed by atoms with E-state index in [0.717, 1.165) is 5.56 Å². The Labute approximate surface area is 151 Å². The van der Waals surface area contributed by atoms with Crippen LogP contribution in [0.2, 0.25) is 0 Å². The molecule has 6 heteroatoms. The van der Waals surface area contributed by atoms with E-state index in [9.17, 15) is 9.59 Å². The summed E-state index contributed by atoms with van der Waals surface area (Å²) in [6.45, 7) is 3.10. The number of nitrogens with zero attached hydrogens (tertiary/aromatic N) is 2. The van der Waals surface area contributed by atoms with E-state index in [2.05, 4.69) is 0 Å². The van der Waals surface area contributed by atoms with Gasteiger partial charge in [-0.3, -0.25) is 9.59 Å². The summed E-state index contributed by atoms with van der Waals surface area (Å²) in [5.74, 6) is -0.173. The van der Waals surface area contributed by atoms with Gasteiger partial charge in [0.25, 0.3) is 5.91 Å². The van der Waals surface area contributed by atoms with E-state index in [1.165, 1.54) is 16.2 Å². The van der Waals surface area contributed by atoms with Crippen LogP contribution in [-0.4, -0.2) is 54.4 Å². The predicted octanol–water partition coefficient (Wildman–Crippen LogP) is 2.81. The average molecular weight is 358 g/mol. The fraction of sp³-hybridized carbons (Fsp3) is 0.368. The van der Waals surface area contributed by atoms with Crippen molar-refractivity contribution < 1.29 is 14.3 Å². The Morgan fingerprint density at radius 3 is 2.64 bits per heavy atom. The molecule has 0 aliphatic carbocycles. The quantitative estimate of drug-likeness (QED) is 0.844. The predicted molar refractivity (Wildman–Crippen MR) is 97.6 cm³/mol. The van der Waals surface area contributed by atoms with E-state index in [1.807, 2.05) is 48.7 Å². The van der Waals surface area contributed by atoms with Crippen LogP contribution in [0, 0.1) is 0 Å². The number of thiophene rings is 1. The topological polar surface area (TPSA) is 49.9 Å². The van der Waals surface area contributed by atoms with Gasteiger partial charge in [-0.1, -0.05) is 36.4 Å². The second-order valence-corrected chi connectivity index (χ2v) is 7.23. The minimum atomic E-state index is -0.132. The van der Waals surface area contributed by atoms with Crippen molar-refractivity contribution in [2.75, 3.05) is 26.7 Å². The zero-order valence-electron chi connectivity index (χ0n) is 14.4. The molecule has 0 saturated carbocycles. The first-order valence-corrected chi connectivity index (χ1v) is 9.19. The Morgan fingerprint density at radius 2 is 1.96 bits per heavy atom. The molecular formula is C19H22N2O3S. The van der Waals surface area contributed by atoms with Crippen LogP contribution in [0.5, 0.6) is 0 Å². The van der Waals surface area contributed by atoms with Crippen LogP contribution in [0.15, 0.2) is 47.8 Å². The first-order chi connectivity index (χ1) is 12.0. The van der Waals surface area contributed by atoms with Gasteiger partial charge in [0.05, 0.1) is 24.1 Å². The summed E-state index contributed by atoms with van der Waals surface area (Å²) in [6, 6.07) is 13.5. The number of hydrogen-bond acceptors (Lipinski definition) is 4. The summed E-state index contributed by atoms with van der Waals surface area (Å²) in [6.07, 6.45) is -0.173. The second-order valence-electron chi connectivity index (χ2n) is 6.28. The summed E-state index contributed by atoms with van der Waals surface area (Å²) in [5.41, 5.74) is 1.06. The second kappa shape index (κ2) is 7.80. The molecule has 1 aromatic carbocycles. The highest BCUT2D eigenvalue weighted by Crippen LogP contribution is 2.25. The van der Waals surface area contributed by atoms with Crippen molar-refractivity contribution in [3.8, 4) is 0 Å². The van der Waals surface area contributed by atoms with E-state index in [4.69, 9.17) is 4.74 Å². The van der Waals surface area contributed by atoms with Crippen LogP contribution in [-0.2, 0) is 9.53 Å². The van der Waals surface area contributed by atoms with Gasteiger partial charge in [0, 0.05) is 13.6 Å². The summed E-state index contributed by atoms with van der Waals surface area (Å²) < 4.78 is 5.99. The largest absolute Gasteiger partial charge is 0.367 e. The van der Waals surface area contributed by atoms with Gasteiger partial charge in [0.15, 0.2) is 0 Å². The van der Waals surface area contributed by atoms with Gasteiger partial charge in [-0.2, -0.15) is 0 Å². The normalized spacial score (nSPS) is 20.3. The lowest BCUT2D eigenvalue weighted by atomic mass is 10.1. The van der Waals surface area contributed by atoms with Crippen molar-refractivity contribution >= 4 is 23.2 Å². The zero-order valence-corrected chi connectivity index (χ0v) is 15.2. The standard InChI is InChI=1S/C19H22N2O3S/c1-14-11-21(12-16(24-14)15-7-4-3-5-8-15)18(22)13-20(2)19(23)17-9-6-10-25-17/h3-10,14,16H,11-13H2,1-2H3. The molecule has 1 aromatic heterocycles. The van der Waals surface area contributed by atoms with Gasteiger partial charge in [-0.15, -0.1) is 11.3 Å². The Hall–Kier alpha value is -2.18. The number of rotatable bonds is 4. The van der Waals surface area contributed by atoms with Gasteiger partial charge in [0.2, 0.25) is 5.91 Å². The van der Waals surface area contributed by atoms with Crippen LogP contribution in [0.4, 0.5) is 0 Å². The van der Waals surface area contributed by atoms with E-state index in [0.29, 0.717) is 18.0 Å². The van der Waals surface area contributed by atoms with Crippen LogP contribution >= 0.6 is 11.3 Å². The maximum absolute atomic E-state index is 12.7. The van der Waals surface area contributed by atoms with Crippen LogP contribution in [0.1, 0.15) is 28.3 Å². The fourth-order valence-corrected chi connectivity index (χ4v) is 3.69. The molecule has 132 valence electrons. The first-order valence-electron chi connectivity index (χ1n) is 8.31. The van der Waals surface area contributed by atoms with Crippen molar-refractivity contribution in [3.05, 3.63) is 58.3 Å². The number of likely N-dealkylation sites (N-methyl/N-ethyl adjacent to an activating group) is 1. The highest BCUT2D eigenvalue weighted by Gasteiger charge is 2.30. The van der Waals surface area contributed by atoms with Crippen LogP contribution in [0.25, 0.3) is 0 Å². The zero-order chi connectivity index (χ0) is 17.8. The molecule has 3 rings (SSSR count). The monoisotopic (exact) mass is 358 g/mol. The third-order valence-corrected chi connectivity index (χ3v) is 5.09. The molecule has 1 fully saturated rings. The average Bonchev–Trinajstić information content (AvgIpc) is 3.15. The Kier molecular flexibility index (Phi) is 5.50. The van der Waals surface area contributed by atoms with E-state index >= 15 is 0 Å². The maximum Gasteiger partial charge on any atom is 0.264 e. The molecule has 1 saturated heterocycles. The molecule has 0 N–H and O–H groups in total. The Morgan fingerprint density at radius 1 is 1.20 bits per heavy atom. The molecule has 2 aromatic rings. The van der Waals surface area contributed by atoms with Crippen molar-refractivity contribution in [1.29, 1.82) is 0 Å². The minimum Gasteiger partial charge on any atom is -0.367 e. The molecule has 2 amide bonds. The smallest absolute Gasteiger partial charge is 0.264 e. The van der Waals surface area contributed by atoms with Gasteiger partial charge in [-0.25, -0.2) is 0 Å². The molecule has 0 radical (unpaired) electrons. The van der Waals surface area contributed by atoms with Gasteiger partial charge in [-0.05, 0) is 23.9 Å². The molecule has 25 heavy (non-hydrogen) atoms. The molecule has 2 atom stereocenters. The number of hydrogen-bond donors (Lipinski definition) is 0. The van der Waals surface area contributed by atoms with Gasteiger partial charge < -0.3 is 14.5 Å². The minimum absolute atomic E-state index is 0.0405. The molecule has 1 aliphatic heterocycles. The molecule has 5 nitrogen and oxygen atoms in total. The lowest BCUT2D eigenvalue weighted by Gasteiger charge is -2.37. The number of ether oxygens (including phenoxy) is 1. The van der Waals surface area contributed by atoms with E-state index in [-0.39, 0.29) is 30.6 Å². The lowest BCUT2D eigenvalue weighted by molar-refractivity contribution is -0.145. The molecule has 0 spiro atoms. The number of carbonyl (C=O) groups excluding carboxylic acids is 2. The lowest BCUT2D eigenvalue weighted by Crippen LogP contribution is -2.49. The maximum atomic E-state index is 12.7. The van der Waals surface area contributed by atoms with Crippen molar-refractivity contribution in [1.82, 2.24) is 9.80 Å². The van der Waals surface area contributed by atoms with Crippen molar-refractivity contribution in [3.63, 3.8) is 0 Å². The number of carbonyl (C=O) groups is 2. The summed E-state index contributed by atoms with van der Waals surface area (Å²) >= 11 is 1.38. The molecule has 1 aliphatic rings. The summed E-state index contributed by atoms with van der Waals surface area (Å²) in [5, 5.41) is 1.86. The number of amides is 2. The Balaban J connectivity index is 1.64. The van der Waals surface area contributed by atoms with Crippen molar-refractivity contribution in [2.24, 2.45) is 0 Å². The van der Waals surface area contributed by atoms with Gasteiger partial charge in [0.1, 0.15) is 6.10 Å². The Bertz CT molecular complexity index is 718. The van der Waals surface area contributed by atoms with Crippen LogP contribution in [0.3, 0.4) is 0 Å². The fourth-order valence-electron chi connectivity index (χ4n) is 2.97. The highest BCUT2D eigenvalue weighted by atomic mass is 32.1. The SMILES string of the molecule is CC1CN(C(=O)CN(C)C(=O)c2cccs2)CC(c2ccccc2)O1. The van der Waals surface area contributed by atoms with E-state index < -0.39 is 0 Å². The summed E-state index contributed by atoms with van der Waals surface area (Å²) in [7, 11) is 1.67. The molecule has 2 unspecified atom stereocenters. The van der Waals surface area contributed by atoms with Gasteiger partial charge >= 0.3 is 0 Å². The first kappa shape index (κ1) is 17.6. The van der Waals surface area contributed by atoms with Crippen LogP contribution < -0.4 is 0 Å². The summed E-state index contributed by atoms with van der Waals surface area (Å²) in [4.78, 5) is 28.9. The van der Waals surface area contributed by atoms with E-state index in [1.54, 1.807) is 18.0 Å². The molecule has 0 bridgehead atoms. The highest BCUT2D eigenvalue weighted by molar-refractivity contribution is 7.12. The third kappa shape index (κ3) is 4.27.